The van der Waals surface area contributed by atoms with Crippen molar-refractivity contribution in [3.8, 4) is 67.5 Å². The Labute approximate surface area is 314 Å². The van der Waals surface area contributed by atoms with Crippen LogP contribution in [0.1, 0.15) is 12.5 Å². The van der Waals surface area contributed by atoms with E-state index in [-0.39, 0.29) is 0 Å². The highest BCUT2D eigenvalue weighted by Crippen LogP contribution is 2.39. The van der Waals surface area contributed by atoms with Crippen molar-refractivity contribution in [1.82, 2.24) is 15.0 Å². The highest BCUT2D eigenvalue weighted by molar-refractivity contribution is 6.12. The molecule has 0 N–H and O–H groups in total. The summed E-state index contributed by atoms with van der Waals surface area (Å²) in [6.45, 7) is 5.98. The largest absolute Gasteiger partial charge is 0.455 e. The summed E-state index contributed by atoms with van der Waals surface area (Å²) in [6.07, 6.45) is 3.82. The molecule has 0 spiro atoms. The van der Waals surface area contributed by atoms with Gasteiger partial charge in [-0.25, -0.2) is 15.0 Å². The van der Waals surface area contributed by atoms with Crippen LogP contribution in [0.25, 0.3) is 95.1 Å². The van der Waals surface area contributed by atoms with E-state index in [2.05, 4.69) is 171 Å². The van der Waals surface area contributed by atoms with Gasteiger partial charge in [0.1, 0.15) is 11.2 Å². The first kappa shape index (κ1) is 32.7. The fourth-order valence-corrected chi connectivity index (χ4v) is 7.15. The van der Waals surface area contributed by atoms with Crippen LogP contribution in [0.2, 0.25) is 0 Å². The maximum atomic E-state index is 6.72. The molecule has 0 atom stereocenters. The van der Waals surface area contributed by atoms with Crippen LogP contribution in [0, 0.1) is 0 Å². The monoisotopic (exact) mass is 693 g/mol. The first-order valence-corrected chi connectivity index (χ1v) is 18.1. The SMILES string of the molecule is C=CC=C(C)c1cccc2c1oc1c(-c3cccc(-c4nc(-c5cccc(-c6ccccc6)c5)nc(-c5cccc(-c6ccccc6)c5)n4)c3)cccc12. The Bertz CT molecular complexity index is 2750. The molecule has 9 aromatic rings. The third-order valence-corrected chi connectivity index (χ3v) is 9.84. The molecule has 0 saturated heterocycles. The molecule has 0 fully saturated rings. The quantitative estimate of drug-likeness (QED) is 0.149. The minimum atomic E-state index is 0.594. The molecule has 0 saturated carbocycles. The van der Waals surface area contributed by atoms with Gasteiger partial charge >= 0.3 is 0 Å². The van der Waals surface area contributed by atoms with E-state index in [9.17, 15) is 0 Å². The van der Waals surface area contributed by atoms with Gasteiger partial charge in [-0.3, -0.25) is 0 Å². The van der Waals surface area contributed by atoms with Crippen molar-refractivity contribution in [3.05, 3.63) is 194 Å². The normalized spacial score (nSPS) is 11.6. The van der Waals surface area contributed by atoms with Gasteiger partial charge in [-0.1, -0.05) is 170 Å². The number of furan rings is 1. The number of para-hydroxylation sites is 2. The maximum absolute atomic E-state index is 6.72. The molecule has 4 nitrogen and oxygen atoms in total. The summed E-state index contributed by atoms with van der Waals surface area (Å²) in [4.78, 5) is 15.4. The summed E-state index contributed by atoms with van der Waals surface area (Å²) in [6, 6.07) is 58.6. The molecule has 54 heavy (non-hydrogen) atoms. The Balaban J connectivity index is 1.20. The molecular weight excluding hydrogens is 659 g/mol. The van der Waals surface area contributed by atoms with E-state index >= 15 is 0 Å². The van der Waals surface area contributed by atoms with Crippen molar-refractivity contribution in [2.24, 2.45) is 0 Å². The van der Waals surface area contributed by atoms with Crippen molar-refractivity contribution < 1.29 is 4.42 Å². The third kappa shape index (κ3) is 6.20. The second kappa shape index (κ2) is 14.1. The minimum absolute atomic E-state index is 0.594. The second-order valence-corrected chi connectivity index (χ2v) is 13.3. The summed E-state index contributed by atoms with van der Waals surface area (Å²) in [5.41, 5.74) is 13.1. The van der Waals surface area contributed by atoms with Crippen molar-refractivity contribution in [2.45, 2.75) is 6.92 Å². The summed E-state index contributed by atoms with van der Waals surface area (Å²) in [5, 5.41) is 2.15. The van der Waals surface area contributed by atoms with Crippen LogP contribution in [-0.4, -0.2) is 15.0 Å². The van der Waals surface area contributed by atoms with Crippen LogP contribution in [0.5, 0.6) is 0 Å². The van der Waals surface area contributed by atoms with Gasteiger partial charge in [0.05, 0.1) is 0 Å². The molecule has 0 aliphatic rings. The number of allylic oxidation sites excluding steroid dienone is 3. The standard InChI is InChI=1S/C50H35N3O/c1-3-15-33(2)42-26-13-28-44-45-29-14-27-43(47(45)54-46(42)44)38-22-12-25-41(32-38)50-52-48(39-23-10-20-36(30-39)34-16-6-4-7-17-34)51-49(53-50)40-24-11-21-37(31-40)35-18-8-5-9-19-35/h3-32H,1H2,2H3. The third-order valence-electron chi connectivity index (χ3n) is 9.84. The van der Waals surface area contributed by atoms with Gasteiger partial charge in [0, 0.05) is 38.6 Å². The van der Waals surface area contributed by atoms with E-state index in [1.165, 1.54) is 0 Å². The number of fused-ring (bicyclic) bond motifs is 3. The Kier molecular flexibility index (Phi) is 8.54. The van der Waals surface area contributed by atoms with Crippen LogP contribution in [0.3, 0.4) is 0 Å². The minimum Gasteiger partial charge on any atom is -0.455 e. The molecule has 9 rings (SSSR count). The number of rotatable bonds is 8. The number of aromatic nitrogens is 3. The molecule has 0 bridgehead atoms. The molecule has 2 aromatic heterocycles. The molecule has 4 heteroatoms. The zero-order valence-electron chi connectivity index (χ0n) is 29.8. The first-order chi connectivity index (χ1) is 26.6. The van der Waals surface area contributed by atoms with Gasteiger partial charge in [-0.05, 0) is 58.5 Å². The van der Waals surface area contributed by atoms with E-state index in [0.717, 1.165) is 83.1 Å². The Hall–Kier alpha value is -7.17. The summed E-state index contributed by atoms with van der Waals surface area (Å²) < 4.78 is 6.72. The topological polar surface area (TPSA) is 51.8 Å². The smallest absolute Gasteiger partial charge is 0.164 e. The van der Waals surface area contributed by atoms with E-state index in [0.29, 0.717) is 17.5 Å². The Morgan fingerprint density at radius 3 is 1.41 bits per heavy atom. The zero-order chi connectivity index (χ0) is 36.4. The van der Waals surface area contributed by atoms with Gasteiger partial charge < -0.3 is 4.42 Å². The van der Waals surface area contributed by atoms with Crippen LogP contribution in [0.15, 0.2) is 193 Å². The maximum Gasteiger partial charge on any atom is 0.164 e. The number of nitrogens with zero attached hydrogens (tertiary/aromatic N) is 3. The Morgan fingerprint density at radius 2 is 0.870 bits per heavy atom. The fourth-order valence-electron chi connectivity index (χ4n) is 7.15. The molecule has 7 aromatic carbocycles. The van der Waals surface area contributed by atoms with Crippen molar-refractivity contribution in [1.29, 1.82) is 0 Å². The predicted octanol–water partition coefficient (Wildman–Crippen LogP) is 13.4. The van der Waals surface area contributed by atoms with Crippen molar-refractivity contribution in [3.63, 3.8) is 0 Å². The Morgan fingerprint density at radius 1 is 0.444 bits per heavy atom. The molecule has 0 aliphatic carbocycles. The van der Waals surface area contributed by atoms with E-state index in [1.807, 2.05) is 24.3 Å². The summed E-state index contributed by atoms with van der Waals surface area (Å²) in [5.74, 6) is 1.81. The number of hydrogen-bond acceptors (Lipinski definition) is 4. The second-order valence-electron chi connectivity index (χ2n) is 13.3. The van der Waals surface area contributed by atoms with Gasteiger partial charge in [-0.15, -0.1) is 0 Å². The highest BCUT2D eigenvalue weighted by Gasteiger charge is 2.18. The van der Waals surface area contributed by atoms with Gasteiger partial charge in [-0.2, -0.15) is 0 Å². The van der Waals surface area contributed by atoms with Crippen LogP contribution in [-0.2, 0) is 0 Å². The summed E-state index contributed by atoms with van der Waals surface area (Å²) in [7, 11) is 0. The molecular formula is C50H35N3O. The van der Waals surface area contributed by atoms with Crippen LogP contribution in [0.4, 0.5) is 0 Å². The molecule has 0 radical (unpaired) electrons. The predicted molar refractivity (Wildman–Crippen MR) is 224 cm³/mol. The van der Waals surface area contributed by atoms with E-state index in [4.69, 9.17) is 19.4 Å². The van der Waals surface area contributed by atoms with E-state index < -0.39 is 0 Å². The number of benzene rings is 7. The fraction of sp³-hybridized carbons (Fsp3) is 0.0200. The van der Waals surface area contributed by atoms with Crippen molar-refractivity contribution in [2.75, 3.05) is 0 Å². The molecule has 256 valence electrons. The van der Waals surface area contributed by atoms with Crippen LogP contribution < -0.4 is 0 Å². The van der Waals surface area contributed by atoms with Gasteiger partial charge in [0.2, 0.25) is 0 Å². The van der Waals surface area contributed by atoms with Crippen molar-refractivity contribution >= 4 is 27.5 Å². The lowest BCUT2D eigenvalue weighted by Gasteiger charge is -2.11. The molecule has 0 unspecified atom stereocenters. The van der Waals surface area contributed by atoms with E-state index in [1.54, 1.807) is 0 Å². The zero-order valence-corrected chi connectivity index (χ0v) is 29.8. The lowest BCUT2D eigenvalue weighted by molar-refractivity contribution is 0.668. The summed E-state index contributed by atoms with van der Waals surface area (Å²) >= 11 is 0. The first-order valence-electron chi connectivity index (χ1n) is 18.1. The number of hydrogen-bond donors (Lipinski definition) is 0. The molecule has 2 heterocycles. The molecule has 0 amide bonds. The molecule has 0 aliphatic heterocycles. The average Bonchev–Trinajstić information content (AvgIpc) is 3.64. The lowest BCUT2D eigenvalue weighted by atomic mass is 9.99. The lowest BCUT2D eigenvalue weighted by Crippen LogP contribution is -2.00. The van der Waals surface area contributed by atoms with Crippen LogP contribution >= 0.6 is 0 Å². The highest BCUT2D eigenvalue weighted by atomic mass is 16.3. The van der Waals surface area contributed by atoms with Gasteiger partial charge in [0.15, 0.2) is 17.5 Å². The van der Waals surface area contributed by atoms with Gasteiger partial charge in [0.25, 0.3) is 0 Å². The average molecular weight is 694 g/mol.